The van der Waals surface area contributed by atoms with E-state index in [0.717, 1.165) is 19.3 Å². The topological polar surface area (TPSA) is 122 Å². The summed E-state index contributed by atoms with van der Waals surface area (Å²) in [7, 11) is 0. The highest BCUT2D eigenvalue weighted by molar-refractivity contribution is 5.77. The molecule has 1 atom stereocenters. The van der Waals surface area contributed by atoms with E-state index >= 15 is 0 Å². The highest BCUT2D eigenvalue weighted by Crippen LogP contribution is 2.40. The maximum atomic E-state index is 12.6. The number of pyridine rings is 1. The van der Waals surface area contributed by atoms with Crippen molar-refractivity contribution in [3.8, 4) is 28.8 Å². The summed E-state index contributed by atoms with van der Waals surface area (Å²) in [6, 6.07) is 8.99. The summed E-state index contributed by atoms with van der Waals surface area (Å²) < 4.78 is 11.4. The molecule has 0 radical (unpaired) electrons. The number of amides is 1. The van der Waals surface area contributed by atoms with Gasteiger partial charge in [-0.25, -0.2) is 9.78 Å². The van der Waals surface area contributed by atoms with E-state index in [9.17, 15) is 15.2 Å². The summed E-state index contributed by atoms with van der Waals surface area (Å²) in [6.45, 7) is 8.99. The molecule has 8 nitrogen and oxygen atoms in total. The summed E-state index contributed by atoms with van der Waals surface area (Å²) in [5.41, 5.74) is 7.47. The summed E-state index contributed by atoms with van der Waals surface area (Å²) in [4.78, 5) is 18.7. The number of piperidine rings is 1. The third-order valence-corrected chi connectivity index (χ3v) is 5.42. The Balaban J connectivity index is 2.01. The van der Waals surface area contributed by atoms with Gasteiger partial charge in [-0.1, -0.05) is 13.0 Å². The summed E-state index contributed by atoms with van der Waals surface area (Å²) in [5, 5.41) is 20.4. The molecule has 1 aliphatic rings. The molecule has 2 aromatic rings. The molecule has 33 heavy (non-hydrogen) atoms. The molecule has 1 unspecified atom stereocenters. The number of hydrogen-bond donors (Lipinski definition) is 2. The minimum absolute atomic E-state index is 0.0187. The van der Waals surface area contributed by atoms with E-state index in [4.69, 9.17) is 15.2 Å². The van der Waals surface area contributed by atoms with Crippen molar-refractivity contribution in [1.29, 1.82) is 5.26 Å². The van der Waals surface area contributed by atoms with Crippen molar-refractivity contribution in [2.24, 2.45) is 0 Å². The van der Waals surface area contributed by atoms with Crippen molar-refractivity contribution in [1.82, 2.24) is 9.88 Å². The molecule has 0 aliphatic carbocycles. The molecule has 0 spiro atoms. The highest BCUT2D eigenvalue weighted by Gasteiger charge is 2.31. The lowest BCUT2D eigenvalue weighted by Crippen LogP contribution is -2.42. The molecular formula is C25H32N4O4. The standard InChI is InChI=1S/C25H32N4O4/c1-5-12-32-21-10-6-9-20(30)22(21)19-13-17(18(14-26)23(27)28-19)16-8-7-11-29(15-16)24(31)33-25(2,3)4/h6,9-10,13,16,30H,5,7-8,11-12,15H2,1-4H3,(H2,27,28). The summed E-state index contributed by atoms with van der Waals surface area (Å²) in [6.07, 6.45) is 2.00. The van der Waals surface area contributed by atoms with Crippen LogP contribution in [0.5, 0.6) is 11.5 Å². The minimum atomic E-state index is -0.587. The molecule has 1 aliphatic heterocycles. The predicted molar refractivity (Wildman–Crippen MR) is 126 cm³/mol. The van der Waals surface area contributed by atoms with Gasteiger partial charge in [0, 0.05) is 19.0 Å². The first-order valence-electron chi connectivity index (χ1n) is 11.3. The Morgan fingerprint density at radius 2 is 2.15 bits per heavy atom. The average Bonchev–Trinajstić information content (AvgIpc) is 2.76. The van der Waals surface area contributed by atoms with Gasteiger partial charge in [0.2, 0.25) is 0 Å². The quantitative estimate of drug-likeness (QED) is 0.667. The van der Waals surface area contributed by atoms with E-state index in [1.807, 2.05) is 27.7 Å². The van der Waals surface area contributed by atoms with Gasteiger partial charge < -0.3 is 25.2 Å². The van der Waals surface area contributed by atoms with Crippen molar-refractivity contribution >= 4 is 11.9 Å². The molecule has 1 amide bonds. The zero-order valence-electron chi connectivity index (χ0n) is 19.7. The van der Waals surface area contributed by atoms with Gasteiger partial charge in [0.15, 0.2) is 0 Å². The van der Waals surface area contributed by atoms with E-state index in [-0.39, 0.29) is 23.6 Å². The first-order chi connectivity index (χ1) is 15.6. The van der Waals surface area contributed by atoms with Gasteiger partial charge >= 0.3 is 6.09 Å². The molecule has 176 valence electrons. The van der Waals surface area contributed by atoms with Crippen molar-refractivity contribution in [2.75, 3.05) is 25.4 Å². The number of benzene rings is 1. The second-order valence-corrected chi connectivity index (χ2v) is 9.23. The van der Waals surface area contributed by atoms with Crippen LogP contribution in [-0.2, 0) is 4.74 Å². The lowest BCUT2D eigenvalue weighted by Gasteiger charge is -2.34. The van der Waals surface area contributed by atoms with Crippen molar-refractivity contribution in [3.05, 3.63) is 35.4 Å². The third-order valence-electron chi connectivity index (χ3n) is 5.42. The maximum Gasteiger partial charge on any atom is 0.410 e. The summed E-state index contributed by atoms with van der Waals surface area (Å²) >= 11 is 0. The zero-order chi connectivity index (χ0) is 24.2. The van der Waals surface area contributed by atoms with Crippen LogP contribution in [0.4, 0.5) is 10.6 Å². The molecule has 3 N–H and O–H groups in total. The Bertz CT molecular complexity index is 1060. The van der Waals surface area contributed by atoms with Crippen molar-refractivity contribution in [2.45, 2.75) is 58.5 Å². The lowest BCUT2D eigenvalue weighted by molar-refractivity contribution is 0.0198. The first-order valence-corrected chi connectivity index (χ1v) is 11.3. The second-order valence-electron chi connectivity index (χ2n) is 9.23. The number of phenols is 1. The largest absolute Gasteiger partial charge is 0.507 e. The number of nitrogens with zero attached hydrogens (tertiary/aromatic N) is 3. The molecule has 0 bridgehead atoms. The Kier molecular flexibility index (Phi) is 7.32. The smallest absolute Gasteiger partial charge is 0.410 e. The van der Waals surface area contributed by atoms with E-state index < -0.39 is 5.60 Å². The van der Waals surface area contributed by atoms with Crippen LogP contribution in [0.15, 0.2) is 24.3 Å². The van der Waals surface area contributed by atoms with E-state index in [1.165, 1.54) is 0 Å². The Morgan fingerprint density at radius 1 is 1.39 bits per heavy atom. The minimum Gasteiger partial charge on any atom is -0.507 e. The van der Waals surface area contributed by atoms with E-state index in [0.29, 0.717) is 47.8 Å². The van der Waals surface area contributed by atoms with Crippen LogP contribution in [-0.4, -0.2) is 46.4 Å². The normalized spacial score (nSPS) is 16.2. The number of phenolic OH excluding ortho intramolecular Hbond substituents is 1. The molecule has 1 saturated heterocycles. The number of ether oxygens (including phenoxy) is 2. The van der Waals surface area contributed by atoms with Crippen molar-refractivity contribution in [3.63, 3.8) is 0 Å². The van der Waals surface area contributed by atoms with Crippen LogP contribution in [0.2, 0.25) is 0 Å². The van der Waals surface area contributed by atoms with Gasteiger partial charge in [0.05, 0.1) is 23.4 Å². The third kappa shape index (κ3) is 5.67. The van der Waals surface area contributed by atoms with Crippen LogP contribution < -0.4 is 10.5 Å². The zero-order valence-corrected chi connectivity index (χ0v) is 19.7. The fourth-order valence-corrected chi connectivity index (χ4v) is 3.99. The highest BCUT2D eigenvalue weighted by atomic mass is 16.6. The molecule has 8 heteroatoms. The maximum absolute atomic E-state index is 12.6. The van der Waals surface area contributed by atoms with Gasteiger partial charge in [-0.2, -0.15) is 5.26 Å². The number of aromatic hydroxyl groups is 1. The molecule has 1 fully saturated rings. The van der Waals surface area contributed by atoms with Crippen molar-refractivity contribution < 1.29 is 19.4 Å². The number of anilines is 1. The van der Waals surface area contributed by atoms with Gasteiger partial charge in [-0.05, 0) is 63.8 Å². The molecule has 1 aromatic heterocycles. The molecule has 3 rings (SSSR count). The number of hydrogen-bond acceptors (Lipinski definition) is 7. The van der Waals surface area contributed by atoms with Gasteiger partial charge in [-0.3, -0.25) is 0 Å². The fraction of sp³-hybridized carbons (Fsp3) is 0.480. The van der Waals surface area contributed by atoms with Crippen LogP contribution in [0.25, 0.3) is 11.3 Å². The number of carbonyl (C=O) groups is 1. The molecule has 2 heterocycles. The predicted octanol–water partition coefficient (Wildman–Crippen LogP) is 4.81. The number of carbonyl (C=O) groups excluding carboxylic acids is 1. The average molecular weight is 453 g/mol. The lowest BCUT2D eigenvalue weighted by atomic mass is 9.87. The Morgan fingerprint density at radius 3 is 2.82 bits per heavy atom. The van der Waals surface area contributed by atoms with Gasteiger partial charge in [0.1, 0.15) is 29.0 Å². The number of nitriles is 1. The second kappa shape index (κ2) is 9.99. The van der Waals surface area contributed by atoms with Crippen LogP contribution in [0.1, 0.15) is 64.0 Å². The number of likely N-dealkylation sites (tertiary alicyclic amines) is 1. The summed E-state index contributed by atoms with van der Waals surface area (Å²) in [5.74, 6) is 0.489. The van der Waals surface area contributed by atoms with Gasteiger partial charge in [-0.15, -0.1) is 0 Å². The van der Waals surface area contributed by atoms with Crippen LogP contribution >= 0.6 is 0 Å². The monoisotopic (exact) mass is 452 g/mol. The number of aromatic nitrogens is 1. The van der Waals surface area contributed by atoms with Gasteiger partial charge in [0.25, 0.3) is 0 Å². The van der Waals surface area contributed by atoms with Crippen LogP contribution in [0, 0.1) is 11.3 Å². The Labute approximate surface area is 194 Å². The number of nitrogen functional groups attached to an aromatic ring is 1. The molecule has 1 aromatic carbocycles. The number of nitrogens with two attached hydrogens (primary N) is 1. The fourth-order valence-electron chi connectivity index (χ4n) is 3.99. The van der Waals surface area contributed by atoms with E-state index in [2.05, 4.69) is 11.1 Å². The Hall–Kier alpha value is -3.47. The number of rotatable bonds is 5. The molecular weight excluding hydrogens is 420 g/mol. The SMILES string of the molecule is CCCOc1cccc(O)c1-c1cc(C2CCCN(C(=O)OC(C)(C)C)C2)c(C#N)c(N)n1. The van der Waals surface area contributed by atoms with Crippen LogP contribution in [0.3, 0.4) is 0 Å². The molecule has 0 saturated carbocycles. The first kappa shape index (κ1) is 24.2. The van der Waals surface area contributed by atoms with E-state index in [1.54, 1.807) is 29.2 Å².